The van der Waals surface area contributed by atoms with Gasteiger partial charge in [-0.15, -0.1) is 5.10 Å². The molecular formula is C18H19N5O2S. The molecular weight excluding hydrogens is 350 g/mol. The van der Waals surface area contributed by atoms with Gasteiger partial charge in [-0.1, -0.05) is 42.1 Å². The maximum absolute atomic E-state index is 12.7. The van der Waals surface area contributed by atoms with E-state index in [0.29, 0.717) is 17.4 Å². The van der Waals surface area contributed by atoms with Crippen LogP contribution in [0, 0.1) is 0 Å². The van der Waals surface area contributed by atoms with Gasteiger partial charge in [0.15, 0.2) is 0 Å². The fraction of sp³-hybridized carbons (Fsp3) is 0.222. The van der Waals surface area contributed by atoms with Crippen LogP contribution in [-0.4, -0.2) is 48.4 Å². The highest BCUT2D eigenvalue weighted by Gasteiger charge is 2.22. The van der Waals surface area contributed by atoms with E-state index in [4.69, 9.17) is 0 Å². The first-order valence-corrected chi connectivity index (χ1v) is 8.96. The van der Waals surface area contributed by atoms with Crippen molar-refractivity contribution >= 4 is 17.7 Å². The van der Waals surface area contributed by atoms with Gasteiger partial charge in [-0.2, -0.15) is 4.68 Å². The van der Waals surface area contributed by atoms with Crippen LogP contribution in [0.3, 0.4) is 0 Å². The number of carbonyl (C=O) groups excluding carboxylic acids is 1. The van der Waals surface area contributed by atoms with Gasteiger partial charge in [0.05, 0.1) is 10.9 Å². The standard InChI is InChI=1S/C18H19N5O2S/c1-13(17(25)22(2)12-14-6-4-3-5-7-14)26-18-19-20-21-23(18)15-8-10-16(24)11-9-15/h3-11,13,24H,12H2,1-2H3/t13-/m0/s1. The average molecular weight is 369 g/mol. The summed E-state index contributed by atoms with van der Waals surface area (Å²) < 4.78 is 1.55. The SMILES string of the molecule is C[C@H](Sc1nnnn1-c1ccc(O)cc1)C(=O)N(C)Cc1ccccc1. The molecule has 26 heavy (non-hydrogen) atoms. The number of aromatic nitrogens is 4. The Hall–Kier alpha value is -2.87. The second-order valence-electron chi connectivity index (χ2n) is 5.83. The van der Waals surface area contributed by atoms with Crippen molar-refractivity contribution in [1.82, 2.24) is 25.1 Å². The Morgan fingerprint density at radius 3 is 2.58 bits per heavy atom. The number of tetrazole rings is 1. The molecule has 0 aliphatic heterocycles. The number of phenolic OH excluding ortho intramolecular Hbond substituents is 1. The molecule has 2 aromatic carbocycles. The Morgan fingerprint density at radius 2 is 1.88 bits per heavy atom. The van der Waals surface area contributed by atoms with Crippen LogP contribution in [0.2, 0.25) is 0 Å². The molecule has 1 amide bonds. The molecule has 0 aliphatic carbocycles. The van der Waals surface area contributed by atoms with Crippen molar-refractivity contribution in [1.29, 1.82) is 0 Å². The van der Waals surface area contributed by atoms with E-state index in [9.17, 15) is 9.90 Å². The molecule has 0 spiro atoms. The Labute approximate surface area is 155 Å². The third kappa shape index (κ3) is 4.20. The second kappa shape index (κ2) is 8.01. The smallest absolute Gasteiger partial charge is 0.235 e. The van der Waals surface area contributed by atoms with Gasteiger partial charge in [0.25, 0.3) is 0 Å². The molecule has 134 valence electrons. The topological polar surface area (TPSA) is 84.1 Å². The van der Waals surface area contributed by atoms with E-state index in [1.807, 2.05) is 37.3 Å². The summed E-state index contributed by atoms with van der Waals surface area (Å²) in [5.41, 5.74) is 1.79. The molecule has 0 aliphatic rings. The van der Waals surface area contributed by atoms with Gasteiger partial charge >= 0.3 is 0 Å². The molecule has 3 aromatic rings. The molecule has 7 nitrogen and oxygen atoms in total. The monoisotopic (exact) mass is 369 g/mol. The van der Waals surface area contributed by atoms with E-state index >= 15 is 0 Å². The lowest BCUT2D eigenvalue weighted by atomic mass is 10.2. The van der Waals surface area contributed by atoms with E-state index < -0.39 is 0 Å². The van der Waals surface area contributed by atoms with Gasteiger partial charge in [-0.3, -0.25) is 4.79 Å². The van der Waals surface area contributed by atoms with Gasteiger partial charge in [0.1, 0.15) is 5.75 Å². The zero-order valence-corrected chi connectivity index (χ0v) is 15.3. The summed E-state index contributed by atoms with van der Waals surface area (Å²) in [6.45, 7) is 2.39. The van der Waals surface area contributed by atoms with Crippen molar-refractivity contribution in [2.75, 3.05) is 7.05 Å². The molecule has 3 rings (SSSR count). The van der Waals surface area contributed by atoms with Crippen LogP contribution in [0.15, 0.2) is 59.8 Å². The molecule has 0 saturated heterocycles. The number of carbonyl (C=O) groups is 1. The summed E-state index contributed by atoms with van der Waals surface area (Å²) in [5, 5.41) is 21.3. The highest BCUT2D eigenvalue weighted by atomic mass is 32.2. The van der Waals surface area contributed by atoms with E-state index in [1.54, 1.807) is 40.9 Å². The van der Waals surface area contributed by atoms with Crippen LogP contribution in [-0.2, 0) is 11.3 Å². The fourth-order valence-corrected chi connectivity index (χ4v) is 3.38. The van der Waals surface area contributed by atoms with Crippen LogP contribution in [0.1, 0.15) is 12.5 Å². The van der Waals surface area contributed by atoms with E-state index in [1.165, 1.54) is 11.8 Å². The molecule has 1 aromatic heterocycles. The van der Waals surface area contributed by atoms with Crippen LogP contribution < -0.4 is 0 Å². The Kier molecular flexibility index (Phi) is 5.52. The first-order valence-electron chi connectivity index (χ1n) is 8.08. The first kappa shape index (κ1) is 17.9. The number of aromatic hydroxyl groups is 1. The number of nitrogens with zero attached hydrogens (tertiary/aromatic N) is 5. The van der Waals surface area contributed by atoms with Crippen molar-refractivity contribution in [3.05, 3.63) is 60.2 Å². The van der Waals surface area contributed by atoms with E-state index in [0.717, 1.165) is 5.56 Å². The number of hydrogen-bond acceptors (Lipinski definition) is 6. The minimum atomic E-state index is -0.342. The number of rotatable bonds is 6. The fourth-order valence-electron chi connectivity index (χ4n) is 2.46. The number of thioether (sulfide) groups is 1. The van der Waals surface area contributed by atoms with Gasteiger partial charge in [0.2, 0.25) is 11.1 Å². The summed E-state index contributed by atoms with van der Waals surface area (Å²) in [7, 11) is 1.79. The lowest BCUT2D eigenvalue weighted by Crippen LogP contribution is -2.32. The molecule has 0 fully saturated rings. The molecule has 1 atom stereocenters. The summed E-state index contributed by atoms with van der Waals surface area (Å²) >= 11 is 1.30. The van der Waals surface area contributed by atoms with Crippen molar-refractivity contribution in [2.24, 2.45) is 0 Å². The normalized spacial score (nSPS) is 11.9. The molecule has 0 saturated carbocycles. The highest BCUT2D eigenvalue weighted by Crippen LogP contribution is 2.25. The Morgan fingerprint density at radius 1 is 1.19 bits per heavy atom. The first-order chi connectivity index (χ1) is 12.5. The van der Waals surface area contributed by atoms with Gasteiger partial charge < -0.3 is 10.0 Å². The Balaban J connectivity index is 1.68. The number of amides is 1. The van der Waals surface area contributed by atoms with Crippen molar-refractivity contribution in [3.8, 4) is 11.4 Å². The van der Waals surface area contributed by atoms with E-state index in [2.05, 4.69) is 15.5 Å². The zero-order valence-electron chi connectivity index (χ0n) is 14.5. The molecule has 0 unspecified atom stereocenters. The molecule has 1 heterocycles. The van der Waals surface area contributed by atoms with Crippen molar-refractivity contribution in [3.63, 3.8) is 0 Å². The largest absolute Gasteiger partial charge is 0.508 e. The average Bonchev–Trinajstić information content (AvgIpc) is 3.10. The molecule has 1 N–H and O–H groups in total. The maximum Gasteiger partial charge on any atom is 0.235 e. The van der Waals surface area contributed by atoms with Gasteiger partial charge in [0, 0.05) is 13.6 Å². The second-order valence-corrected chi connectivity index (χ2v) is 7.14. The predicted molar refractivity (Wildman–Crippen MR) is 99.1 cm³/mol. The molecule has 0 bridgehead atoms. The summed E-state index contributed by atoms with van der Waals surface area (Å²) in [4.78, 5) is 14.4. The van der Waals surface area contributed by atoms with E-state index in [-0.39, 0.29) is 16.9 Å². The minimum Gasteiger partial charge on any atom is -0.508 e. The lowest BCUT2D eigenvalue weighted by molar-refractivity contribution is -0.129. The van der Waals surface area contributed by atoms with Gasteiger partial charge in [-0.05, 0) is 47.2 Å². The predicted octanol–water partition coefficient (Wildman–Crippen LogP) is 2.51. The summed E-state index contributed by atoms with van der Waals surface area (Å²) in [6.07, 6.45) is 0. The number of hydrogen-bond donors (Lipinski definition) is 1. The number of benzene rings is 2. The summed E-state index contributed by atoms with van der Waals surface area (Å²) in [6, 6.07) is 16.4. The van der Waals surface area contributed by atoms with Crippen LogP contribution in [0.4, 0.5) is 0 Å². The van der Waals surface area contributed by atoms with Crippen LogP contribution in [0.5, 0.6) is 5.75 Å². The number of phenols is 1. The minimum absolute atomic E-state index is 0.000825. The molecule has 8 heteroatoms. The maximum atomic E-state index is 12.7. The quantitative estimate of drug-likeness (QED) is 0.672. The molecule has 0 radical (unpaired) electrons. The highest BCUT2D eigenvalue weighted by molar-refractivity contribution is 8.00. The lowest BCUT2D eigenvalue weighted by Gasteiger charge is -2.21. The zero-order chi connectivity index (χ0) is 18.5. The third-order valence-electron chi connectivity index (χ3n) is 3.80. The van der Waals surface area contributed by atoms with Gasteiger partial charge in [-0.25, -0.2) is 0 Å². The van der Waals surface area contributed by atoms with Crippen LogP contribution >= 0.6 is 11.8 Å². The third-order valence-corrected chi connectivity index (χ3v) is 4.82. The Bertz CT molecular complexity index is 867. The van der Waals surface area contributed by atoms with Crippen molar-refractivity contribution in [2.45, 2.75) is 23.9 Å². The van der Waals surface area contributed by atoms with Crippen molar-refractivity contribution < 1.29 is 9.90 Å². The van der Waals surface area contributed by atoms with Crippen LogP contribution in [0.25, 0.3) is 5.69 Å². The summed E-state index contributed by atoms with van der Waals surface area (Å²) in [5.74, 6) is 0.168.